The average Bonchev–Trinajstić information content (AvgIpc) is 2.67. The second-order valence-electron chi connectivity index (χ2n) is 5.17. The largest absolute Gasteiger partial charge is 0.382 e. The highest BCUT2D eigenvalue weighted by molar-refractivity contribution is 5.54. The van der Waals surface area contributed by atoms with E-state index in [1.165, 1.54) is 11.3 Å². The van der Waals surface area contributed by atoms with Crippen molar-refractivity contribution in [2.45, 2.75) is 25.9 Å². The van der Waals surface area contributed by atoms with E-state index in [1.807, 2.05) is 0 Å². The van der Waals surface area contributed by atoms with E-state index in [1.54, 1.807) is 7.11 Å². The molecule has 0 amide bonds. The number of para-hydroxylation sites is 1. The van der Waals surface area contributed by atoms with Gasteiger partial charge in [0, 0.05) is 38.5 Å². The van der Waals surface area contributed by atoms with E-state index >= 15 is 0 Å². The molecule has 4 nitrogen and oxygen atoms in total. The van der Waals surface area contributed by atoms with Gasteiger partial charge in [0.15, 0.2) is 0 Å². The molecule has 1 aliphatic heterocycles. The molecule has 0 radical (unpaired) electrons. The highest BCUT2D eigenvalue weighted by Crippen LogP contribution is 2.23. The van der Waals surface area contributed by atoms with Crippen LogP contribution < -0.4 is 10.2 Å². The third-order valence-corrected chi connectivity index (χ3v) is 3.78. The lowest BCUT2D eigenvalue weighted by Gasteiger charge is -2.27. The zero-order valence-corrected chi connectivity index (χ0v) is 12.6. The van der Waals surface area contributed by atoms with Crippen molar-refractivity contribution in [2.24, 2.45) is 0 Å². The minimum Gasteiger partial charge on any atom is -0.382 e. The number of methoxy groups -OCH3 is 1. The Bertz CT molecular complexity index is 398. The van der Waals surface area contributed by atoms with Gasteiger partial charge in [-0.25, -0.2) is 0 Å². The molecule has 0 saturated heterocycles. The summed E-state index contributed by atoms with van der Waals surface area (Å²) in [4.78, 5) is 2.44. The molecule has 0 aromatic heterocycles. The molecule has 0 bridgehead atoms. The predicted molar refractivity (Wildman–Crippen MR) is 82.3 cm³/mol. The summed E-state index contributed by atoms with van der Waals surface area (Å²) in [6.45, 7) is 7.24. The molecular formula is C16H26N2O2. The Balaban J connectivity index is 1.96. The van der Waals surface area contributed by atoms with Crippen molar-refractivity contribution in [3.63, 3.8) is 0 Å². The maximum Gasteiger partial charge on any atom is 0.0701 e. The molecule has 112 valence electrons. The molecule has 0 spiro atoms. The molecule has 0 saturated carbocycles. The SMILES string of the molecule is CCC1CN(CCOCCOC)c2ccccc2CN1. The van der Waals surface area contributed by atoms with Gasteiger partial charge < -0.3 is 19.7 Å². The monoisotopic (exact) mass is 278 g/mol. The number of rotatable bonds is 7. The molecule has 1 aliphatic rings. The highest BCUT2D eigenvalue weighted by atomic mass is 16.5. The Labute approximate surface area is 122 Å². The van der Waals surface area contributed by atoms with Crippen LogP contribution >= 0.6 is 0 Å². The van der Waals surface area contributed by atoms with Crippen LogP contribution in [0.1, 0.15) is 18.9 Å². The van der Waals surface area contributed by atoms with Crippen LogP contribution in [-0.4, -0.2) is 46.1 Å². The lowest BCUT2D eigenvalue weighted by Crippen LogP contribution is -2.39. The van der Waals surface area contributed by atoms with Gasteiger partial charge in [-0.05, 0) is 18.1 Å². The molecule has 1 heterocycles. The van der Waals surface area contributed by atoms with E-state index in [9.17, 15) is 0 Å². The standard InChI is InChI=1S/C16H26N2O2/c1-3-15-13-18(8-9-20-11-10-19-2)16-7-5-4-6-14(16)12-17-15/h4-7,15,17H,3,8-13H2,1-2H3. The fourth-order valence-corrected chi connectivity index (χ4v) is 2.56. The number of benzene rings is 1. The van der Waals surface area contributed by atoms with Crippen molar-refractivity contribution in [3.8, 4) is 0 Å². The molecule has 1 unspecified atom stereocenters. The zero-order valence-electron chi connectivity index (χ0n) is 12.6. The fourth-order valence-electron chi connectivity index (χ4n) is 2.56. The van der Waals surface area contributed by atoms with Crippen molar-refractivity contribution in [1.29, 1.82) is 0 Å². The Kier molecular flexibility index (Phi) is 6.30. The van der Waals surface area contributed by atoms with Crippen LogP contribution in [0.3, 0.4) is 0 Å². The second kappa shape index (κ2) is 8.25. The first-order valence-corrected chi connectivity index (χ1v) is 7.48. The van der Waals surface area contributed by atoms with Gasteiger partial charge in [0.1, 0.15) is 0 Å². The molecule has 1 aromatic rings. The molecule has 1 N–H and O–H groups in total. The normalized spacial score (nSPS) is 18.7. The van der Waals surface area contributed by atoms with Crippen LogP contribution in [0.4, 0.5) is 5.69 Å². The zero-order chi connectivity index (χ0) is 14.2. The third kappa shape index (κ3) is 4.20. The lowest BCUT2D eigenvalue weighted by atomic mass is 10.1. The number of fused-ring (bicyclic) bond motifs is 1. The topological polar surface area (TPSA) is 33.7 Å². The lowest BCUT2D eigenvalue weighted by molar-refractivity contribution is 0.0739. The first-order chi connectivity index (χ1) is 9.85. The molecule has 0 aliphatic carbocycles. The molecule has 1 aromatic carbocycles. The van der Waals surface area contributed by atoms with Gasteiger partial charge in [-0.3, -0.25) is 0 Å². The Morgan fingerprint density at radius 1 is 1.25 bits per heavy atom. The van der Waals surface area contributed by atoms with Gasteiger partial charge in [-0.15, -0.1) is 0 Å². The van der Waals surface area contributed by atoms with Gasteiger partial charge in [0.05, 0.1) is 19.8 Å². The van der Waals surface area contributed by atoms with Crippen LogP contribution in [-0.2, 0) is 16.0 Å². The third-order valence-electron chi connectivity index (χ3n) is 3.78. The summed E-state index contributed by atoms with van der Waals surface area (Å²) < 4.78 is 10.6. The molecule has 20 heavy (non-hydrogen) atoms. The minimum absolute atomic E-state index is 0.543. The van der Waals surface area contributed by atoms with Crippen molar-refractivity contribution in [1.82, 2.24) is 5.32 Å². The molecule has 4 heteroatoms. The summed E-state index contributed by atoms with van der Waals surface area (Å²) >= 11 is 0. The van der Waals surface area contributed by atoms with Crippen LogP contribution in [0.15, 0.2) is 24.3 Å². The van der Waals surface area contributed by atoms with Gasteiger partial charge in [0.25, 0.3) is 0 Å². The van der Waals surface area contributed by atoms with E-state index in [-0.39, 0.29) is 0 Å². The first kappa shape index (κ1) is 15.3. The van der Waals surface area contributed by atoms with Crippen molar-refractivity contribution < 1.29 is 9.47 Å². The van der Waals surface area contributed by atoms with E-state index in [0.717, 1.165) is 32.7 Å². The van der Waals surface area contributed by atoms with Crippen LogP contribution in [0.5, 0.6) is 0 Å². The van der Waals surface area contributed by atoms with Gasteiger partial charge in [0.2, 0.25) is 0 Å². The maximum absolute atomic E-state index is 5.61. The van der Waals surface area contributed by atoms with Gasteiger partial charge in [-0.1, -0.05) is 25.1 Å². The van der Waals surface area contributed by atoms with Gasteiger partial charge >= 0.3 is 0 Å². The number of nitrogens with zero attached hydrogens (tertiary/aromatic N) is 1. The summed E-state index contributed by atoms with van der Waals surface area (Å²) in [5.74, 6) is 0. The van der Waals surface area contributed by atoms with E-state index in [0.29, 0.717) is 19.3 Å². The number of hydrogen-bond donors (Lipinski definition) is 1. The van der Waals surface area contributed by atoms with E-state index < -0.39 is 0 Å². The smallest absolute Gasteiger partial charge is 0.0701 e. The summed E-state index contributed by atoms with van der Waals surface area (Å²) in [6, 6.07) is 9.19. The average molecular weight is 278 g/mol. The minimum atomic E-state index is 0.543. The highest BCUT2D eigenvalue weighted by Gasteiger charge is 2.19. The maximum atomic E-state index is 5.61. The first-order valence-electron chi connectivity index (χ1n) is 7.48. The van der Waals surface area contributed by atoms with E-state index in [4.69, 9.17) is 9.47 Å². The van der Waals surface area contributed by atoms with Crippen molar-refractivity contribution in [2.75, 3.05) is 44.9 Å². The Hall–Kier alpha value is -1.10. The Morgan fingerprint density at radius 3 is 2.90 bits per heavy atom. The quantitative estimate of drug-likeness (QED) is 0.774. The predicted octanol–water partition coefficient (Wildman–Crippen LogP) is 2.04. The Morgan fingerprint density at radius 2 is 2.10 bits per heavy atom. The summed E-state index contributed by atoms with van der Waals surface area (Å²) in [5.41, 5.74) is 2.71. The molecule has 0 fully saturated rings. The molecule has 2 rings (SSSR count). The number of nitrogens with one attached hydrogen (secondary N) is 1. The molecule has 1 atom stereocenters. The summed E-state index contributed by atoms with van der Waals surface area (Å²) in [7, 11) is 1.70. The molecular weight excluding hydrogens is 252 g/mol. The number of anilines is 1. The summed E-state index contributed by atoms with van der Waals surface area (Å²) in [5, 5.41) is 3.63. The van der Waals surface area contributed by atoms with E-state index in [2.05, 4.69) is 41.4 Å². The fraction of sp³-hybridized carbons (Fsp3) is 0.625. The van der Waals surface area contributed by atoms with Crippen LogP contribution in [0.25, 0.3) is 0 Å². The van der Waals surface area contributed by atoms with Crippen LogP contribution in [0, 0.1) is 0 Å². The van der Waals surface area contributed by atoms with Gasteiger partial charge in [-0.2, -0.15) is 0 Å². The van der Waals surface area contributed by atoms with Crippen LogP contribution in [0.2, 0.25) is 0 Å². The number of ether oxygens (including phenoxy) is 2. The second-order valence-corrected chi connectivity index (χ2v) is 5.17. The van der Waals surface area contributed by atoms with Crippen molar-refractivity contribution in [3.05, 3.63) is 29.8 Å². The number of hydrogen-bond acceptors (Lipinski definition) is 4. The summed E-state index contributed by atoms with van der Waals surface area (Å²) in [6.07, 6.45) is 1.15. The van der Waals surface area contributed by atoms with Crippen molar-refractivity contribution >= 4 is 5.69 Å².